The third-order valence-corrected chi connectivity index (χ3v) is 4.51. The van der Waals surface area contributed by atoms with E-state index in [9.17, 15) is 14.0 Å². The van der Waals surface area contributed by atoms with Crippen molar-refractivity contribution in [2.45, 2.75) is 0 Å². The van der Waals surface area contributed by atoms with Gasteiger partial charge in [0, 0.05) is 5.56 Å². The van der Waals surface area contributed by atoms with Crippen LogP contribution in [0.3, 0.4) is 0 Å². The molecule has 0 atom stereocenters. The molecule has 7 heteroatoms. The Hall–Kier alpha value is -2.80. The molecule has 1 aliphatic rings. The second kappa shape index (κ2) is 7.40. The maximum Gasteiger partial charge on any atom is 0.295 e. The van der Waals surface area contributed by atoms with E-state index >= 15 is 0 Å². The summed E-state index contributed by atoms with van der Waals surface area (Å²) in [5, 5.41) is 2.60. The van der Waals surface area contributed by atoms with E-state index in [-0.39, 0.29) is 17.1 Å². The van der Waals surface area contributed by atoms with Crippen LogP contribution >= 0.6 is 11.8 Å². The number of ether oxygens (including phenoxy) is 1. The van der Waals surface area contributed by atoms with Gasteiger partial charge in [0.15, 0.2) is 0 Å². The molecule has 0 aromatic heterocycles. The highest BCUT2D eigenvalue weighted by Crippen LogP contribution is 2.33. The zero-order valence-corrected chi connectivity index (χ0v) is 14.2. The van der Waals surface area contributed by atoms with Crippen LogP contribution in [0.25, 0.3) is 6.08 Å². The summed E-state index contributed by atoms with van der Waals surface area (Å²) in [6.07, 6.45) is 1.39. The van der Waals surface area contributed by atoms with E-state index in [1.165, 1.54) is 19.3 Å². The lowest BCUT2D eigenvalue weighted by Gasteiger charge is -2.16. The largest absolute Gasteiger partial charge is 0.495 e. The van der Waals surface area contributed by atoms with Crippen molar-refractivity contribution in [3.63, 3.8) is 0 Å². The fourth-order valence-electron chi connectivity index (χ4n) is 2.32. The van der Waals surface area contributed by atoms with Gasteiger partial charge in [-0.25, -0.2) is 4.39 Å². The topological polar surface area (TPSA) is 58.6 Å². The monoisotopic (exact) mass is 358 g/mol. The number of hydrogen-bond acceptors (Lipinski definition) is 5. The summed E-state index contributed by atoms with van der Waals surface area (Å²) >= 11 is 0.791. The molecule has 0 saturated carbocycles. The Morgan fingerprint density at radius 2 is 1.88 bits per heavy atom. The number of nitrogens with zero attached hydrogens (tertiary/aromatic N) is 1. The fraction of sp³-hybridized carbons (Fsp3) is 0.111. The van der Waals surface area contributed by atoms with Gasteiger partial charge in [0.05, 0.1) is 24.4 Å². The van der Waals surface area contributed by atoms with Gasteiger partial charge < -0.3 is 10.1 Å². The number of carbonyl (C=O) groups is 2. The number of halogens is 1. The molecule has 0 unspecified atom stereocenters. The van der Waals surface area contributed by atoms with Crippen molar-refractivity contribution in [2.75, 3.05) is 19.1 Å². The molecule has 0 bridgehead atoms. The Morgan fingerprint density at radius 1 is 1.16 bits per heavy atom. The highest BCUT2D eigenvalue weighted by molar-refractivity contribution is 8.18. The minimum atomic E-state index is -0.458. The molecule has 5 nitrogen and oxygen atoms in total. The van der Waals surface area contributed by atoms with Gasteiger partial charge in [0.1, 0.15) is 11.6 Å². The van der Waals surface area contributed by atoms with Crippen LogP contribution in [0.5, 0.6) is 5.75 Å². The Labute approximate surface area is 148 Å². The SMILES string of the molecule is COc1ccccc1NCN1C(=O)S/C(=C\c2ccccc2F)C1=O. The molecule has 0 aliphatic carbocycles. The summed E-state index contributed by atoms with van der Waals surface area (Å²) in [4.78, 5) is 25.8. The minimum Gasteiger partial charge on any atom is -0.495 e. The van der Waals surface area contributed by atoms with Gasteiger partial charge in [-0.15, -0.1) is 0 Å². The number of anilines is 1. The molecule has 1 heterocycles. The molecular formula is C18H15FN2O3S. The second-order valence-corrected chi connectivity index (χ2v) is 6.16. The van der Waals surface area contributed by atoms with Crippen molar-refractivity contribution < 1.29 is 18.7 Å². The molecule has 128 valence electrons. The Morgan fingerprint density at radius 3 is 2.64 bits per heavy atom. The van der Waals surface area contributed by atoms with Crippen LogP contribution in [-0.2, 0) is 4.79 Å². The Bertz CT molecular complexity index is 854. The predicted octanol–water partition coefficient (Wildman–Crippen LogP) is 3.94. The zero-order chi connectivity index (χ0) is 17.8. The average molecular weight is 358 g/mol. The Kier molecular flexibility index (Phi) is 5.04. The summed E-state index contributed by atoms with van der Waals surface area (Å²) < 4.78 is 18.9. The number of benzene rings is 2. The van der Waals surface area contributed by atoms with Crippen LogP contribution in [0, 0.1) is 5.82 Å². The lowest BCUT2D eigenvalue weighted by Crippen LogP contribution is -2.33. The first-order valence-electron chi connectivity index (χ1n) is 7.47. The quantitative estimate of drug-likeness (QED) is 0.821. The number of nitrogens with one attached hydrogen (secondary N) is 1. The fourth-order valence-corrected chi connectivity index (χ4v) is 3.15. The van der Waals surface area contributed by atoms with Crippen LogP contribution in [0.4, 0.5) is 14.9 Å². The highest BCUT2D eigenvalue weighted by Gasteiger charge is 2.35. The van der Waals surface area contributed by atoms with Crippen molar-refractivity contribution in [3.05, 3.63) is 64.8 Å². The number of hydrogen-bond donors (Lipinski definition) is 1. The molecule has 2 amide bonds. The van der Waals surface area contributed by atoms with Crippen LogP contribution in [-0.4, -0.2) is 29.8 Å². The summed E-state index contributed by atoms with van der Waals surface area (Å²) in [5.74, 6) is -0.293. The zero-order valence-electron chi connectivity index (χ0n) is 13.4. The van der Waals surface area contributed by atoms with Gasteiger partial charge in [-0.3, -0.25) is 14.5 Å². The summed E-state index contributed by atoms with van der Waals surface area (Å²) in [6, 6.07) is 13.3. The van der Waals surface area contributed by atoms with Gasteiger partial charge in [-0.1, -0.05) is 30.3 Å². The van der Waals surface area contributed by atoms with Crippen LogP contribution in [0.15, 0.2) is 53.4 Å². The van der Waals surface area contributed by atoms with E-state index in [0.717, 1.165) is 16.7 Å². The average Bonchev–Trinajstić information content (AvgIpc) is 2.89. The van der Waals surface area contributed by atoms with Crippen molar-refractivity contribution >= 4 is 34.7 Å². The molecule has 2 aromatic rings. The van der Waals surface area contributed by atoms with E-state index in [1.807, 2.05) is 12.1 Å². The molecule has 2 aromatic carbocycles. The number of rotatable bonds is 5. The van der Waals surface area contributed by atoms with E-state index in [4.69, 9.17) is 4.74 Å². The first kappa shape index (κ1) is 17.0. The second-order valence-electron chi connectivity index (χ2n) is 5.17. The van der Waals surface area contributed by atoms with Crippen LogP contribution in [0.1, 0.15) is 5.56 Å². The number of thioether (sulfide) groups is 1. The van der Waals surface area contributed by atoms with Gasteiger partial charge >= 0.3 is 0 Å². The van der Waals surface area contributed by atoms with Crippen molar-refractivity contribution in [3.8, 4) is 5.75 Å². The molecule has 1 saturated heterocycles. The molecule has 1 N–H and O–H groups in total. The first-order valence-corrected chi connectivity index (χ1v) is 8.28. The molecule has 0 radical (unpaired) electrons. The van der Waals surface area contributed by atoms with Crippen molar-refractivity contribution in [1.29, 1.82) is 0 Å². The van der Waals surface area contributed by atoms with Crippen LogP contribution in [0.2, 0.25) is 0 Å². The maximum absolute atomic E-state index is 13.7. The van der Waals surface area contributed by atoms with Gasteiger partial charge in [0.2, 0.25) is 0 Å². The first-order chi connectivity index (χ1) is 12.1. The lowest BCUT2D eigenvalue weighted by molar-refractivity contribution is -0.122. The standard InChI is InChI=1S/C18H15FN2O3S/c1-24-15-9-5-4-8-14(15)20-11-21-17(22)16(25-18(21)23)10-12-6-2-3-7-13(12)19/h2-10,20H,11H2,1H3/b16-10-. The van der Waals surface area contributed by atoms with E-state index < -0.39 is 17.0 Å². The number of amides is 2. The molecule has 1 fully saturated rings. The maximum atomic E-state index is 13.7. The highest BCUT2D eigenvalue weighted by atomic mass is 32.2. The van der Waals surface area contributed by atoms with Crippen molar-refractivity contribution in [1.82, 2.24) is 4.90 Å². The van der Waals surface area contributed by atoms with E-state index in [0.29, 0.717) is 11.4 Å². The molecule has 3 rings (SSSR count). The molecule has 25 heavy (non-hydrogen) atoms. The summed E-state index contributed by atoms with van der Waals surface area (Å²) in [5.41, 5.74) is 0.938. The molecule has 1 aliphatic heterocycles. The number of methoxy groups -OCH3 is 1. The number of imide groups is 1. The summed E-state index contributed by atoms with van der Waals surface area (Å²) in [6.45, 7) is -0.000345. The van der Waals surface area contributed by atoms with Gasteiger partial charge in [-0.05, 0) is 36.0 Å². The summed E-state index contributed by atoms with van der Waals surface area (Å²) in [7, 11) is 1.54. The van der Waals surface area contributed by atoms with Crippen LogP contribution < -0.4 is 10.1 Å². The normalized spacial score (nSPS) is 15.8. The third-order valence-electron chi connectivity index (χ3n) is 3.60. The van der Waals surface area contributed by atoms with Gasteiger partial charge in [-0.2, -0.15) is 0 Å². The number of carbonyl (C=O) groups excluding carboxylic acids is 2. The van der Waals surface area contributed by atoms with E-state index in [2.05, 4.69) is 5.32 Å². The molecule has 0 spiro atoms. The van der Waals surface area contributed by atoms with Gasteiger partial charge in [0.25, 0.3) is 11.1 Å². The van der Waals surface area contributed by atoms with Crippen molar-refractivity contribution in [2.24, 2.45) is 0 Å². The smallest absolute Gasteiger partial charge is 0.295 e. The molecular weight excluding hydrogens is 343 g/mol. The predicted molar refractivity (Wildman–Crippen MR) is 95.7 cm³/mol. The van der Waals surface area contributed by atoms with E-state index in [1.54, 1.807) is 30.3 Å². The lowest BCUT2D eigenvalue weighted by atomic mass is 10.2. The third kappa shape index (κ3) is 3.66. The Balaban J connectivity index is 1.75. The number of para-hydroxylation sites is 2. The minimum absolute atomic E-state index is 0.000345.